The van der Waals surface area contributed by atoms with E-state index in [1.165, 1.54) is 0 Å². The number of aliphatic carboxylic acids is 1. The van der Waals surface area contributed by atoms with Crippen LogP contribution in [0.3, 0.4) is 0 Å². The molecular formula is C34H35Cl2N3O6. The van der Waals surface area contributed by atoms with Gasteiger partial charge in [0.1, 0.15) is 5.15 Å². The number of amides is 1. The van der Waals surface area contributed by atoms with Crippen LogP contribution in [0.1, 0.15) is 60.8 Å². The molecule has 0 saturated carbocycles. The van der Waals surface area contributed by atoms with Gasteiger partial charge in [0.25, 0.3) is 0 Å². The lowest BCUT2D eigenvalue weighted by Gasteiger charge is -2.41. The molecule has 1 fully saturated rings. The molecule has 3 N–H and O–H groups in total. The molecule has 1 aliphatic rings. The summed E-state index contributed by atoms with van der Waals surface area (Å²) in [5, 5.41) is 21.8. The van der Waals surface area contributed by atoms with Gasteiger partial charge in [0.05, 0.1) is 31.7 Å². The van der Waals surface area contributed by atoms with Crippen molar-refractivity contribution in [1.82, 2.24) is 14.9 Å². The minimum atomic E-state index is -0.911. The van der Waals surface area contributed by atoms with Crippen molar-refractivity contribution >= 4 is 35.1 Å². The lowest BCUT2D eigenvalue weighted by Crippen LogP contribution is -2.39. The number of carbonyl (C=O) groups excluding carboxylic acids is 1. The number of nitrogens with one attached hydrogen (secondary N) is 1. The van der Waals surface area contributed by atoms with Crippen LogP contribution in [0.4, 0.5) is 0 Å². The summed E-state index contributed by atoms with van der Waals surface area (Å²) in [5.74, 6) is -1.15. The SMILES string of the molecule is C[C@H]1[C@@H](Cn2cnc(Cl)c2Cl)O[C@@H](c2cccc(-c3cccc(CNC(=O)CCCC(=O)O)c3)c2)O[C@H]1c1ccc(CO)cc1. The molecule has 0 unspecified atom stereocenters. The van der Waals surface area contributed by atoms with Crippen LogP contribution in [0.5, 0.6) is 0 Å². The van der Waals surface area contributed by atoms with E-state index in [4.69, 9.17) is 37.8 Å². The molecular weight excluding hydrogens is 617 g/mol. The van der Waals surface area contributed by atoms with Gasteiger partial charge in [0, 0.05) is 30.9 Å². The Labute approximate surface area is 271 Å². The van der Waals surface area contributed by atoms with Crippen LogP contribution in [0.15, 0.2) is 79.1 Å². The molecule has 236 valence electrons. The Morgan fingerprint density at radius 1 is 0.933 bits per heavy atom. The molecule has 0 spiro atoms. The number of benzene rings is 3. The van der Waals surface area contributed by atoms with E-state index in [1.807, 2.05) is 72.8 Å². The smallest absolute Gasteiger partial charge is 0.303 e. The lowest BCUT2D eigenvalue weighted by molar-refractivity contribution is -0.276. The number of aromatic nitrogens is 2. The zero-order valence-corrected chi connectivity index (χ0v) is 26.2. The largest absolute Gasteiger partial charge is 0.481 e. The summed E-state index contributed by atoms with van der Waals surface area (Å²) in [4.78, 5) is 27.0. The van der Waals surface area contributed by atoms with Crippen LogP contribution in [0.2, 0.25) is 10.3 Å². The normalized spacial score (nSPS) is 19.7. The van der Waals surface area contributed by atoms with E-state index in [2.05, 4.69) is 17.2 Å². The first-order valence-corrected chi connectivity index (χ1v) is 15.5. The molecule has 1 aromatic heterocycles. The van der Waals surface area contributed by atoms with Gasteiger partial charge in [-0.2, -0.15) is 0 Å². The topological polar surface area (TPSA) is 123 Å². The summed E-state index contributed by atoms with van der Waals surface area (Å²) in [5.41, 5.74) is 5.48. The van der Waals surface area contributed by atoms with Gasteiger partial charge in [0.2, 0.25) is 5.91 Å². The molecule has 0 aliphatic carbocycles. The van der Waals surface area contributed by atoms with Gasteiger partial charge >= 0.3 is 5.97 Å². The van der Waals surface area contributed by atoms with Crippen molar-refractivity contribution in [3.63, 3.8) is 0 Å². The number of halogens is 2. The molecule has 3 aromatic carbocycles. The maximum Gasteiger partial charge on any atom is 0.303 e. The Morgan fingerprint density at radius 2 is 1.67 bits per heavy atom. The van der Waals surface area contributed by atoms with E-state index in [1.54, 1.807) is 10.9 Å². The van der Waals surface area contributed by atoms with Crippen LogP contribution in [-0.4, -0.2) is 37.7 Å². The lowest BCUT2D eigenvalue weighted by atomic mass is 9.90. The first-order chi connectivity index (χ1) is 21.7. The molecule has 1 aliphatic heterocycles. The highest BCUT2D eigenvalue weighted by atomic mass is 35.5. The summed E-state index contributed by atoms with van der Waals surface area (Å²) in [6.07, 6.45) is 0.765. The summed E-state index contributed by atoms with van der Waals surface area (Å²) >= 11 is 12.5. The Kier molecular flexibility index (Phi) is 10.9. The number of carboxylic acid groups (broad SMARTS) is 1. The molecule has 4 aromatic rings. The van der Waals surface area contributed by atoms with Crippen molar-refractivity contribution < 1.29 is 29.3 Å². The number of hydrogen-bond donors (Lipinski definition) is 3. The van der Waals surface area contributed by atoms with Crippen molar-refractivity contribution in [3.8, 4) is 11.1 Å². The summed E-state index contributed by atoms with van der Waals surface area (Å²) in [6.45, 7) is 2.80. The van der Waals surface area contributed by atoms with Crippen LogP contribution in [0.25, 0.3) is 11.1 Å². The minimum absolute atomic E-state index is 0.0320. The monoisotopic (exact) mass is 651 g/mol. The zero-order valence-electron chi connectivity index (χ0n) is 24.7. The first-order valence-electron chi connectivity index (χ1n) is 14.8. The number of carboxylic acids is 1. The van der Waals surface area contributed by atoms with Gasteiger partial charge in [-0.05, 0) is 46.4 Å². The summed E-state index contributed by atoms with van der Waals surface area (Å²) in [7, 11) is 0. The number of rotatable bonds is 12. The number of nitrogens with zero attached hydrogens (tertiary/aromatic N) is 2. The van der Waals surface area contributed by atoms with E-state index in [0.29, 0.717) is 24.7 Å². The van der Waals surface area contributed by atoms with E-state index in [0.717, 1.165) is 33.4 Å². The molecule has 45 heavy (non-hydrogen) atoms. The third kappa shape index (κ3) is 8.31. The van der Waals surface area contributed by atoms with E-state index in [9.17, 15) is 14.7 Å². The third-order valence-electron chi connectivity index (χ3n) is 7.94. The van der Waals surface area contributed by atoms with E-state index in [-0.39, 0.29) is 48.6 Å². The minimum Gasteiger partial charge on any atom is -0.481 e. The molecule has 5 rings (SSSR count). The van der Waals surface area contributed by atoms with Crippen molar-refractivity contribution in [2.45, 2.75) is 64.4 Å². The predicted octanol–water partition coefficient (Wildman–Crippen LogP) is 6.71. The van der Waals surface area contributed by atoms with Crippen LogP contribution >= 0.6 is 23.2 Å². The van der Waals surface area contributed by atoms with E-state index < -0.39 is 12.3 Å². The van der Waals surface area contributed by atoms with Crippen LogP contribution in [-0.2, 0) is 38.8 Å². The fourth-order valence-corrected chi connectivity index (χ4v) is 5.72. The molecule has 1 amide bonds. The molecule has 11 heteroatoms. The Morgan fingerprint density at radius 3 is 2.36 bits per heavy atom. The number of carbonyl (C=O) groups is 2. The van der Waals surface area contributed by atoms with Crippen molar-refractivity contribution in [2.24, 2.45) is 5.92 Å². The molecule has 1 saturated heterocycles. The fraction of sp³-hybridized carbons (Fsp3) is 0.324. The van der Waals surface area contributed by atoms with E-state index >= 15 is 0 Å². The molecule has 4 atom stereocenters. The second-order valence-electron chi connectivity index (χ2n) is 11.2. The number of aliphatic hydroxyl groups is 1. The second kappa shape index (κ2) is 15.0. The fourth-order valence-electron chi connectivity index (χ4n) is 5.41. The molecule has 9 nitrogen and oxygen atoms in total. The standard InChI is InChI=1S/C34H35Cl2N3O6/c1-21-28(18-39-20-38-32(35)33(39)36)44-34(45-31(21)24-13-11-22(19-40)12-14-24)27-8-3-7-26(16-27)25-6-2-5-23(15-25)17-37-29(41)9-4-10-30(42)43/h2-3,5-8,11-16,20-21,28,31,34,40H,4,9-10,17-19H2,1H3,(H,37,41)(H,42,43)/t21-,28+,31+,34+/m0/s1. The third-order valence-corrected chi connectivity index (χ3v) is 8.71. The summed E-state index contributed by atoms with van der Waals surface area (Å²) < 4.78 is 15.0. The van der Waals surface area contributed by atoms with Gasteiger partial charge in [0.15, 0.2) is 11.4 Å². The van der Waals surface area contributed by atoms with Gasteiger partial charge < -0.3 is 29.6 Å². The van der Waals surface area contributed by atoms with Crippen LogP contribution in [0, 0.1) is 5.92 Å². The molecule has 2 heterocycles. The average molecular weight is 653 g/mol. The zero-order chi connectivity index (χ0) is 31.9. The predicted molar refractivity (Wildman–Crippen MR) is 170 cm³/mol. The van der Waals surface area contributed by atoms with Gasteiger partial charge in [-0.25, -0.2) is 4.98 Å². The summed E-state index contributed by atoms with van der Waals surface area (Å²) in [6, 6.07) is 23.6. The first kappa shape index (κ1) is 32.7. The number of ether oxygens (including phenoxy) is 2. The van der Waals surface area contributed by atoms with Gasteiger partial charge in [-0.15, -0.1) is 0 Å². The molecule has 0 radical (unpaired) electrons. The van der Waals surface area contributed by atoms with Crippen molar-refractivity contribution in [1.29, 1.82) is 0 Å². The molecule has 0 bridgehead atoms. The highest BCUT2D eigenvalue weighted by Gasteiger charge is 2.39. The Hall–Kier alpha value is -3.73. The van der Waals surface area contributed by atoms with Gasteiger partial charge in [-0.3, -0.25) is 9.59 Å². The number of imidazole rings is 1. The Balaban J connectivity index is 1.36. The van der Waals surface area contributed by atoms with Gasteiger partial charge in [-0.1, -0.05) is 90.8 Å². The average Bonchev–Trinajstić information content (AvgIpc) is 3.37. The maximum absolute atomic E-state index is 12.2. The highest BCUT2D eigenvalue weighted by molar-refractivity contribution is 6.40. The van der Waals surface area contributed by atoms with Crippen molar-refractivity contribution in [2.75, 3.05) is 0 Å². The highest BCUT2D eigenvalue weighted by Crippen LogP contribution is 2.43. The van der Waals surface area contributed by atoms with Crippen molar-refractivity contribution in [3.05, 3.63) is 112 Å². The number of hydrogen-bond acceptors (Lipinski definition) is 6. The quantitative estimate of drug-likeness (QED) is 0.156. The van der Waals surface area contributed by atoms with Crippen LogP contribution < -0.4 is 5.32 Å². The second-order valence-corrected chi connectivity index (χ2v) is 11.9. The number of aliphatic hydroxyl groups excluding tert-OH is 1. The Bertz CT molecular complexity index is 1630. The maximum atomic E-state index is 12.2.